The Kier molecular flexibility index (Phi) is 6.74. The molecule has 0 radical (unpaired) electrons. The van der Waals surface area contributed by atoms with Crippen molar-refractivity contribution in [1.29, 1.82) is 0 Å². The average molecular weight is 293 g/mol. The number of carbonyl (C=O) groups excluding carboxylic acids is 1. The Hall–Kier alpha value is -0.660. The molecule has 0 aliphatic heterocycles. The van der Waals surface area contributed by atoms with E-state index in [1.165, 1.54) is 18.5 Å². The van der Waals surface area contributed by atoms with Crippen LogP contribution in [0, 0.1) is 0 Å². The summed E-state index contributed by atoms with van der Waals surface area (Å²) in [5.74, 6) is -0.399. The highest BCUT2D eigenvalue weighted by Gasteiger charge is 2.33. The van der Waals surface area contributed by atoms with E-state index in [0.29, 0.717) is 19.4 Å². The summed E-state index contributed by atoms with van der Waals surface area (Å²) in [6, 6.07) is 0. The third kappa shape index (κ3) is 4.74. The molecule has 0 saturated heterocycles. The van der Waals surface area contributed by atoms with Crippen LogP contribution in [0.2, 0.25) is 0 Å². The summed E-state index contributed by atoms with van der Waals surface area (Å²) in [6.45, 7) is 0.772. The molecule has 6 nitrogen and oxygen atoms in total. The molecule has 1 fully saturated rings. The number of sulfonamides is 1. The molecule has 0 aromatic heterocycles. The van der Waals surface area contributed by atoms with Crippen LogP contribution in [0.5, 0.6) is 0 Å². The minimum Gasteiger partial charge on any atom is -0.469 e. The zero-order valence-electron chi connectivity index (χ0n) is 11.6. The van der Waals surface area contributed by atoms with Crippen molar-refractivity contribution in [3.05, 3.63) is 0 Å². The van der Waals surface area contributed by atoms with Gasteiger partial charge in [-0.25, -0.2) is 8.42 Å². The fourth-order valence-corrected chi connectivity index (χ4v) is 4.30. The molecule has 7 heteroatoms. The molecule has 0 N–H and O–H groups in total. The third-order valence-corrected chi connectivity index (χ3v) is 5.82. The van der Waals surface area contributed by atoms with Crippen molar-refractivity contribution in [2.45, 2.75) is 37.4 Å². The monoisotopic (exact) mass is 293 g/mol. The Labute approximate surface area is 115 Å². The second-order valence-corrected chi connectivity index (χ2v) is 6.88. The van der Waals surface area contributed by atoms with Crippen molar-refractivity contribution in [2.24, 2.45) is 0 Å². The summed E-state index contributed by atoms with van der Waals surface area (Å²) in [5, 5.41) is -0.304. The van der Waals surface area contributed by atoms with Gasteiger partial charge in [0.1, 0.15) is 0 Å². The summed E-state index contributed by atoms with van der Waals surface area (Å²) < 4.78 is 35.8. The van der Waals surface area contributed by atoms with E-state index in [9.17, 15) is 13.2 Å². The van der Waals surface area contributed by atoms with Crippen molar-refractivity contribution in [3.8, 4) is 0 Å². The number of ether oxygens (including phenoxy) is 2. The summed E-state index contributed by atoms with van der Waals surface area (Å²) in [5.41, 5.74) is 0. The molecule has 0 heterocycles. The first kappa shape index (κ1) is 16.4. The van der Waals surface area contributed by atoms with Gasteiger partial charge in [-0.1, -0.05) is 12.8 Å². The first-order valence-corrected chi connectivity index (χ1v) is 8.07. The molecule has 0 aromatic carbocycles. The molecule has 0 amide bonds. The molecule has 0 spiro atoms. The Balaban J connectivity index is 2.68. The van der Waals surface area contributed by atoms with Gasteiger partial charge in [0.05, 0.1) is 25.4 Å². The molecule has 0 bridgehead atoms. The highest BCUT2D eigenvalue weighted by Crippen LogP contribution is 2.27. The summed E-state index contributed by atoms with van der Waals surface area (Å²) in [4.78, 5) is 11.2. The van der Waals surface area contributed by atoms with Crippen LogP contribution in [0.25, 0.3) is 0 Å². The SMILES string of the molecule is COCCN(CCC(=O)OC)S(=O)(=O)C1CCCC1. The van der Waals surface area contributed by atoms with Gasteiger partial charge in [0.25, 0.3) is 0 Å². The maximum Gasteiger partial charge on any atom is 0.306 e. The van der Waals surface area contributed by atoms with Crippen LogP contribution in [-0.2, 0) is 24.3 Å². The number of nitrogens with zero attached hydrogens (tertiary/aromatic N) is 1. The van der Waals surface area contributed by atoms with Gasteiger partial charge >= 0.3 is 5.97 Å². The number of esters is 1. The van der Waals surface area contributed by atoms with E-state index in [2.05, 4.69) is 4.74 Å². The van der Waals surface area contributed by atoms with Gasteiger partial charge in [0, 0.05) is 20.2 Å². The standard InChI is InChI=1S/C12H23NO5S/c1-17-10-9-13(8-7-12(14)18-2)19(15,16)11-5-3-4-6-11/h11H,3-10H2,1-2H3. The van der Waals surface area contributed by atoms with Crippen LogP contribution in [0.4, 0.5) is 0 Å². The van der Waals surface area contributed by atoms with Crippen LogP contribution < -0.4 is 0 Å². The van der Waals surface area contributed by atoms with Gasteiger partial charge in [0.2, 0.25) is 10.0 Å². The number of carbonyl (C=O) groups is 1. The second-order valence-electron chi connectivity index (χ2n) is 4.67. The molecule has 19 heavy (non-hydrogen) atoms. The van der Waals surface area contributed by atoms with E-state index in [0.717, 1.165) is 12.8 Å². The average Bonchev–Trinajstić information content (AvgIpc) is 2.92. The highest BCUT2D eigenvalue weighted by atomic mass is 32.2. The normalized spacial score (nSPS) is 17.0. The molecule has 112 valence electrons. The van der Waals surface area contributed by atoms with Gasteiger partial charge in [-0.2, -0.15) is 4.31 Å². The van der Waals surface area contributed by atoms with Gasteiger partial charge in [-0.3, -0.25) is 4.79 Å². The van der Waals surface area contributed by atoms with Crippen LogP contribution in [-0.4, -0.2) is 57.9 Å². The summed E-state index contributed by atoms with van der Waals surface area (Å²) in [7, 11) is -0.504. The maximum atomic E-state index is 12.5. The minimum atomic E-state index is -3.33. The van der Waals surface area contributed by atoms with E-state index < -0.39 is 16.0 Å². The number of hydrogen-bond acceptors (Lipinski definition) is 5. The maximum absolute atomic E-state index is 12.5. The zero-order valence-corrected chi connectivity index (χ0v) is 12.4. The Bertz CT molecular complexity index is 376. The van der Waals surface area contributed by atoms with Gasteiger partial charge in [-0.05, 0) is 12.8 Å². The van der Waals surface area contributed by atoms with Crippen molar-refractivity contribution in [2.75, 3.05) is 33.9 Å². The fourth-order valence-electron chi connectivity index (χ4n) is 2.27. The molecule has 1 saturated carbocycles. The predicted octanol–water partition coefficient (Wildman–Crippen LogP) is 0.770. The van der Waals surface area contributed by atoms with Crippen molar-refractivity contribution in [3.63, 3.8) is 0 Å². The van der Waals surface area contributed by atoms with E-state index in [1.807, 2.05) is 0 Å². The molecule has 1 aliphatic rings. The molecule has 0 atom stereocenters. The summed E-state index contributed by atoms with van der Waals surface area (Å²) in [6.07, 6.45) is 3.41. The lowest BCUT2D eigenvalue weighted by atomic mass is 10.4. The summed E-state index contributed by atoms with van der Waals surface area (Å²) >= 11 is 0. The molecule has 1 rings (SSSR count). The molecule has 0 aromatic rings. The zero-order chi connectivity index (χ0) is 14.3. The number of methoxy groups -OCH3 is 2. The lowest BCUT2D eigenvalue weighted by Crippen LogP contribution is -2.40. The van der Waals surface area contributed by atoms with Crippen LogP contribution in [0.3, 0.4) is 0 Å². The first-order chi connectivity index (χ1) is 9.02. The molecular formula is C12H23NO5S. The van der Waals surface area contributed by atoms with Crippen molar-refractivity contribution >= 4 is 16.0 Å². The lowest BCUT2D eigenvalue weighted by molar-refractivity contribution is -0.140. The lowest BCUT2D eigenvalue weighted by Gasteiger charge is -2.24. The van der Waals surface area contributed by atoms with Crippen LogP contribution >= 0.6 is 0 Å². The van der Waals surface area contributed by atoms with Crippen molar-refractivity contribution in [1.82, 2.24) is 4.31 Å². The Morgan fingerprint density at radius 3 is 2.37 bits per heavy atom. The van der Waals surface area contributed by atoms with Gasteiger partial charge in [0.15, 0.2) is 0 Å². The molecule has 0 unspecified atom stereocenters. The largest absolute Gasteiger partial charge is 0.469 e. The van der Waals surface area contributed by atoms with E-state index >= 15 is 0 Å². The van der Waals surface area contributed by atoms with Crippen LogP contribution in [0.15, 0.2) is 0 Å². The van der Waals surface area contributed by atoms with E-state index in [1.54, 1.807) is 0 Å². The van der Waals surface area contributed by atoms with E-state index in [-0.39, 0.29) is 24.8 Å². The number of hydrogen-bond donors (Lipinski definition) is 0. The van der Waals surface area contributed by atoms with E-state index in [4.69, 9.17) is 4.74 Å². The smallest absolute Gasteiger partial charge is 0.306 e. The van der Waals surface area contributed by atoms with Gasteiger partial charge < -0.3 is 9.47 Å². The molecule has 1 aliphatic carbocycles. The first-order valence-electron chi connectivity index (χ1n) is 6.57. The topological polar surface area (TPSA) is 72.9 Å². The second kappa shape index (κ2) is 7.81. The third-order valence-electron chi connectivity index (χ3n) is 3.42. The minimum absolute atomic E-state index is 0.0756. The Morgan fingerprint density at radius 2 is 1.84 bits per heavy atom. The number of rotatable bonds is 8. The Morgan fingerprint density at radius 1 is 1.21 bits per heavy atom. The molecular weight excluding hydrogens is 270 g/mol. The van der Waals surface area contributed by atoms with Gasteiger partial charge in [-0.15, -0.1) is 0 Å². The fraction of sp³-hybridized carbons (Fsp3) is 0.917. The predicted molar refractivity (Wildman–Crippen MR) is 71.3 cm³/mol. The highest BCUT2D eigenvalue weighted by molar-refractivity contribution is 7.89. The quantitative estimate of drug-likeness (QED) is 0.618. The van der Waals surface area contributed by atoms with Crippen molar-refractivity contribution < 1.29 is 22.7 Å². The van der Waals surface area contributed by atoms with Crippen LogP contribution in [0.1, 0.15) is 32.1 Å².